The van der Waals surface area contributed by atoms with E-state index in [4.69, 9.17) is 4.98 Å². The van der Waals surface area contributed by atoms with Crippen LogP contribution in [-0.4, -0.2) is 26.9 Å². The van der Waals surface area contributed by atoms with Crippen LogP contribution < -0.4 is 5.56 Å². The molecule has 0 saturated carbocycles. The van der Waals surface area contributed by atoms with Crippen molar-refractivity contribution in [3.63, 3.8) is 0 Å². The molecule has 0 aliphatic rings. The third kappa shape index (κ3) is 5.18. The first kappa shape index (κ1) is 24.7. The minimum absolute atomic E-state index is 0.0131. The molecule has 3 aromatic rings. The number of unbranched alkanes of at least 4 members (excludes halogenated alkanes) is 1. The normalized spacial score (nSPS) is 12.7. The number of amides is 1. The standard InChI is InChI=1S/C28H37N3O2/c1-7-10-19-31(26(32)20-15-17-21(18-16-20)28(4,5)6)24(8-2)25-29-23-14-12-11-13-22(23)27(33)30(25)9-3/h11-18,24H,7-10,19H2,1-6H3/t24-/m0/s1. The summed E-state index contributed by atoms with van der Waals surface area (Å²) in [4.78, 5) is 33.8. The van der Waals surface area contributed by atoms with Gasteiger partial charge in [-0.2, -0.15) is 0 Å². The van der Waals surface area contributed by atoms with Gasteiger partial charge < -0.3 is 4.90 Å². The summed E-state index contributed by atoms with van der Waals surface area (Å²) >= 11 is 0. The maximum Gasteiger partial charge on any atom is 0.261 e. The molecule has 1 heterocycles. The van der Waals surface area contributed by atoms with Crippen LogP contribution in [0.4, 0.5) is 0 Å². The number of hydrogen-bond donors (Lipinski definition) is 0. The summed E-state index contributed by atoms with van der Waals surface area (Å²) < 4.78 is 1.73. The molecule has 1 atom stereocenters. The smallest absolute Gasteiger partial charge is 0.261 e. The molecule has 33 heavy (non-hydrogen) atoms. The largest absolute Gasteiger partial charge is 0.328 e. The first-order valence-corrected chi connectivity index (χ1v) is 12.1. The average Bonchev–Trinajstić information content (AvgIpc) is 2.81. The molecule has 0 aliphatic heterocycles. The lowest BCUT2D eigenvalue weighted by Gasteiger charge is -2.32. The van der Waals surface area contributed by atoms with Crippen molar-refractivity contribution in [1.29, 1.82) is 0 Å². The van der Waals surface area contributed by atoms with Gasteiger partial charge in [-0.1, -0.05) is 65.3 Å². The van der Waals surface area contributed by atoms with Gasteiger partial charge in [-0.05, 0) is 55.0 Å². The summed E-state index contributed by atoms with van der Waals surface area (Å²) in [5.74, 6) is 0.653. The molecule has 0 saturated heterocycles. The molecule has 176 valence electrons. The molecular weight excluding hydrogens is 410 g/mol. The Hall–Kier alpha value is -2.95. The average molecular weight is 448 g/mol. The van der Waals surface area contributed by atoms with Crippen LogP contribution in [-0.2, 0) is 12.0 Å². The van der Waals surface area contributed by atoms with Crippen LogP contribution >= 0.6 is 0 Å². The molecule has 0 N–H and O–H groups in total. The number of rotatable bonds is 8. The van der Waals surface area contributed by atoms with E-state index in [9.17, 15) is 9.59 Å². The molecule has 2 aromatic carbocycles. The molecule has 0 fully saturated rings. The maximum atomic E-state index is 13.7. The Morgan fingerprint density at radius 3 is 2.27 bits per heavy atom. The maximum absolute atomic E-state index is 13.7. The van der Waals surface area contributed by atoms with Gasteiger partial charge in [-0.3, -0.25) is 14.2 Å². The van der Waals surface area contributed by atoms with Crippen molar-refractivity contribution < 1.29 is 4.79 Å². The van der Waals surface area contributed by atoms with Crippen LogP contribution in [0.5, 0.6) is 0 Å². The topological polar surface area (TPSA) is 55.2 Å². The molecular formula is C28H37N3O2. The second-order valence-corrected chi connectivity index (χ2v) is 9.64. The van der Waals surface area contributed by atoms with E-state index in [1.165, 1.54) is 5.56 Å². The molecule has 0 radical (unpaired) electrons. The van der Waals surface area contributed by atoms with Crippen LogP contribution in [0.1, 0.15) is 88.6 Å². The second-order valence-electron chi connectivity index (χ2n) is 9.64. The number of carbonyl (C=O) groups excluding carboxylic acids is 1. The van der Waals surface area contributed by atoms with Crippen LogP contribution in [0, 0.1) is 0 Å². The highest BCUT2D eigenvalue weighted by atomic mass is 16.2. The zero-order chi connectivity index (χ0) is 24.2. The Morgan fingerprint density at radius 1 is 1.03 bits per heavy atom. The number of aromatic nitrogens is 2. The number of benzene rings is 2. The van der Waals surface area contributed by atoms with Crippen molar-refractivity contribution >= 4 is 16.8 Å². The molecule has 0 aliphatic carbocycles. The fraction of sp³-hybridized carbons (Fsp3) is 0.464. The summed E-state index contributed by atoms with van der Waals surface area (Å²) in [5, 5.41) is 0.613. The fourth-order valence-corrected chi connectivity index (χ4v) is 4.29. The van der Waals surface area contributed by atoms with E-state index in [-0.39, 0.29) is 22.9 Å². The highest BCUT2D eigenvalue weighted by molar-refractivity contribution is 5.94. The Labute approximate surface area is 197 Å². The van der Waals surface area contributed by atoms with Crippen LogP contribution in [0.2, 0.25) is 0 Å². The lowest BCUT2D eigenvalue weighted by molar-refractivity contribution is 0.0653. The number of nitrogens with zero attached hydrogens (tertiary/aromatic N) is 3. The predicted octanol–water partition coefficient (Wildman–Crippen LogP) is 6.11. The predicted molar refractivity (Wildman–Crippen MR) is 136 cm³/mol. The molecule has 5 nitrogen and oxygen atoms in total. The van der Waals surface area contributed by atoms with Crippen molar-refractivity contribution in [2.45, 2.75) is 78.8 Å². The van der Waals surface area contributed by atoms with E-state index < -0.39 is 0 Å². The molecule has 5 heteroatoms. The van der Waals surface area contributed by atoms with Crippen LogP contribution in [0.3, 0.4) is 0 Å². The van der Waals surface area contributed by atoms with Crippen molar-refractivity contribution in [3.05, 3.63) is 75.8 Å². The Balaban J connectivity index is 2.09. The van der Waals surface area contributed by atoms with Gasteiger partial charge >= 0.3 is 0 Å². The zero-order valence-corrected chi connectivity index (χ0v) is 20.9. The van der Waals surface area contributed by atoms with Crippen molar-refractivity contribution in [3.8, 4) is 0 Å². The first-order valence-electron chi connectivity index (χ1n) is 12.1. The summed E-state index contributed by atoms with van der Waals surface area (Å²) in [7, 11) is 0. The monoisotopic (exact) mass is 447 g/mol. The first-order chi connectivity index (χ1) is 15.7. The molecule has 3 rings (SSSR count). The minimum atomic E-state index is -0.274. The van der Waals surface area contributed by atoms with Crippen LogP contribution in [0.25, 0.3) is 10.9 Å². The highest BCUT2D eigenvalue weighted by Crippen LogP contribution is 2.28. The van der Waals surface area contributed by atoms with Gasteiger partial charge in [-0.25, -0.2) is 4.98 Å². The molecule has 0 spiro atoms. The lowest BCUT2D eigenvalue weighted by Crippen LogP contribution is -2.39. The minimum Gasteiger partial charge on any atom is -0.328 e. The Bertz CT molecular complexity index is 1160. The number of hydrogen-bond acceptors (Lipinski definition) is 3. The van der Waals surface area contributed by atoms with E-state index in [1.807, 2.05) is 60.4 Å². The molecule has 0 unspecified atom stereocenters. The quantitative estimate of drug-likeness (QED) is 0.419. The third-order valence-corrected chi connectivity index (χ3v) is 6.28. The lowest BCUT2D eigenvalue weighted by atomic mass is 9.86. The zero-order valence-electron chi connectivity index (χ0n) is 20.9. The van der Waals surface area contributed by atoms with Crippen molar-refractivity contribution in [1.82, 2.24) is 14.5 Å². The SMILES string of the molecule is CCCCN(C(=O)c1ccc(C(C)(C)C)cc1)[C@@H](CC)c1nc2ccccc2c(=O)n1CC. The van der Waals surface area contributed by atoms with E-state index >= 15 is 0 Å². The number of carbonyl (C=O) groups is 1. The Morgan fingerprint density at radius 2 is 1.70 bits per heavy atom. The highest BCUT2D eigenvalue weighted by Gasteiger charge is 2.29. The van der Waals surface area contributed by atoms with Gasteiger partial charge in [0.15, 0.2) is 0 Å². The number of para-hydroxylation sites is 1. The van der Waals surface area contributed by atoms with Gasteiger partial charge in [0, 0.05) is 18.7 Å². The molecule has 1 aromatic heterocycles. The summed E-state index contributed by atoms with van der Waals surface area (Å²) in [6.45, 7) is 13.8. The van der Waals surface area contributed by atoms with Gasteiger partial charge in [0.1, 0.15) is 5.82 Å². The molecule has 1 amide bonds. The summed E-state index contributed by atoms with van der Waals surface area (Å²) in [6, 6.07) is 15.1. The Kier molecular flexibility index (Phi) is 7.72. The van der Waals surface area contributed by atoms with E-state index in [1.54, 1.807) is 4.57 Å². The second kappa shape index (κ2) is 10.3. The fourth-order valence-electron chi connectivity index (χ4n) is 4.29. The third-order valence-electron chi connectivity index (χ3n) is 6.28. The summed E-state index contributed by atoms with van der Waals surface area (Å²) in [6.07, 6.45) is 2.56. The van der Waals surface area contributed by atoms with Gasteiger partial charge in [0.2, 0.25) is 0 Å². The summed E-state index contributed by atoms with van der Waals surface area (Å²) in [5.41, 5.74) is 2.53. The van der Waals surface area contributed by atoms with Gasteiger partial charge in [-0.15, -0.1) is 0 Å². The van der Waals surface area contributed by atoms with Gasteiger partial charge in [0.25, 0.3) is 11.5 Å². The van der Waals surface area contributed by atoms with Crippen molar-refractivity contribution in [2.75, 3.05) is 6.54 Å². The molecule has 0 bridgehead atoms. The van der Waals surface area contributed by atoms with E-state index in [0.717, 1.165) is 12.8 Å². The van der Waals surface area contributed by atoms with Crippen molar-refractivity contribution in [2.24, 2.45) is 0 Å². The van der Waals surface area contributed by atoms with E-state index in [2.05, 4.69) is 34.6 Å². The van der Waals surface area contributed by atoms with E-state index in [0.29, 0.717) is 41.8 Å². The number of fused-ring (bicyclic) bond motifs is 1. The van der Waals surface area contributed by atoms with Gasteiger partial charge in [0.05, 0.1) is 16.9 Å². The van der Waals surface area contributed by atoms with Crippen LogP contribution in [0.15, 0.2) is 53.3 Å².